The molecule has 2 heterocycles. The van der Waals surface area contributed by atoms with Gasteiger partial charge < -0.3 is 15.7 Å². The van der Waals surface area contributed by atoms with E-state index in [4.69, 9.17) is 17.3 Å². The Labute approximate surface area is 131 Å². The van der Waals surface area contributed by atoms with Crippen molar-refractivity contribution in [2.24, 2.45) is 5.73 Å². The van der Waals surface area contributed by atoms with Gasteiger partial charge in [0.15, 0.2) is 0 Å². The Hall–Kier alpha value is -1.73. The first-order chi connectivity index (χ1) is 9.95. The second kappa shape index (κ2) is 6.36. The number of hydrogen-bond donors (Lipinski definition) is 2. The largest absolute Gasteiger partial charge is 0.490 e. The number of nitro groups is 1. The van der Waals surface area contributed by atoms with Gasteiger partial charge in [-0.15, -0.1) is 11.3 Å². The van der Waals surface area contributed by atoms with Gasteiger partial charge in [-0.25, -0.2) is 0 Å². The van der Waals surface area contributed by atoms with Gasteiger partial charge in [-0.3, -0.25) is 10.1 Å². The molecule has 0 bridgehead atoms. The predicted molar refractivity (Wildman–Crippen MR) is 82.7 cm³/mol. The van der Waals surface area contributed by atoms with E-state index in [2.05, 4.69) is 0 Å². The molecule has 1 aliphatic rings. The van der Waals surface area contributed by atoms with Gasteiger partial charge in [0.1, 0.15) is 5.70 Å². The monoisotopic (exact) mass is 329 g/mol. The molecular weight excluding hydrogens is 314 g/mol. The van der Waals surface area contributed by atoms with Gasteiger partial charge in [-0.2, -0.15) is 0 Å². The van der Waals surface area contributed by atoms with E-state index in [1.165, 1.54) is 11.3 Å². The van der Waals surface area contributed by atoms with E-state index in [1.54, 1.807) is 11.0 Å². The predicted octanol–water partition coefficient (Wildman–Crippen LogP) is 2.88. The van der Waals surface area contributed by atoms with E-state index in [0.717, 1.165) is 11.3 Å². The highest BCUT2D eigenvalue weighted by Gasteiger charge is 2.33. The second-order valence-corrected chi connectivity index (χ2v) is 6.11. The third-order valence-electron chi connectivity index (χ3n) is 3.47. The minimum atomic E-state index is -0.655. The smallest absolute Gasteiger partial charge is 0.350 e. The molecular formula is C13H16ClN3O3S. The van der Waals surface area contributed by atoms with Crippen molar-refractivity contribution in [3.05, 3.63) is 54.8 Å². The fraction of sp³-hybridized carbons (Fsp3) is 0.385. The van der Waals surface area contributed by atoms with E-state index in [1.807, 2.05) is 18.4 Å². The van der Waals surface area contributed by atoms with Crippen molar-refractivity contribution in [2.45, 2.75) is 25.8 Å². The summed E-state index contributed by atoms with van der Waals surface area (Å²) in [6.07, 6.45) is 2.89. The fourth-order valence-corrected chi connectivity index (χ4v) is 3.50. The SMILES string of the molecule is CC[C@H](Cc1sccc1Cl)N1CC=C(N)C([N+](=O)[O-])=C1O. The summed E-state index contributed by atoms with van der Waals surface area (Å²) in [6.45, 7) is 2.31. The van der Waals surface area contributed by atoms with Crippen molar-refractivity contribution in [1.82, 2.24) is 4.90 Å². The first-order valence-corrected chi connectivity index (χ1v) is 7.73. The number of halogens is 1. The van der Waals surface area contributed by atoms with Crippen LogP contribution in [0.4, 0.5) is 0 Å². The van der Waals surface area contributed by atoms with Gasteiger partial charge in [0.05, 0.1) is 9.95 Å². The average Bonchev–Trinajstić information content (AvgIpc) is 2.82. The Balaban J connectivity index is 2.27. The van der Waals surface area contributed by atoms with Crippen molar-refractivity contribution in [2.75, 3.05) is 6.54 Å². The molecule has 1 atom stereocenters. The van der Waals surface area contributed by atoms with Gasteiger partial charge in [0, 0.05) is 23.9 Å². The maximum Gasteiger partial charge on any atom is 0.350 e. The molecule has 0 saturated carbocycles. The third-order valence-corrected chi connectivity index (χ3v) is 4.88. The Bertz CT molecular complexity index is 612. The summed E-state index contributed by atoms with van der Waals surface area (Å²) in [6, 6.07) is 1.74. The van der Waals surface area contributed by atoms with Gasteiger partial charge >= 0.3 is 5.70 Å². The zero-order chi connectivity index (χ0) is 15.6. The summed E-state index contributed by atoms with van der Waals surface area (Å²) >= 11 is 7.63. The highest BCUT2D eigenvalue weighted by molar-refractivity contribution is 7.10. The van der Waals surface area contributed by atoms with Crippen molar-refractivity contribution in [1.29, 1.82) is 0 Å². The maximum absolute atomic E-state index is 11.0. The minimum Gasteiger partial charge on any atom is -0.490 e. The molecule has 1 aromatic rings. The molecule has 1 aromatic heterocycles. The van der Waals surface area contributed by atoms with Crippen molar-refractivity contribution in [3.8, 4) is 0 Å². The van der Waals surface area contributed by atoms with Gasteiger partial charge in [-0.05, 0) is 23.9 Å². The summed E-state index contributed by atoms with van der Waals surface area (Å²) in [5.41, 5.74) is 5.15. The van der Waals surface area contributed by atoms with E-state index in [-0.39, 0.29) is 17.6 Å². The lowest BCUT2D eigenvalue weighted by Crippen LogP contribution is -2.40. The van der Waals surface area contributed by atoms with Crippen LogP contribution in [0.5, 0.6) is 0 Å². The van der Waals surface area contributed by atoms with Crippen LogP contribution in [-0.2, 0) is 6.42 Å². The lowest BCUT2D eigenvalue weighted by molar-refractivity contribution is -0.426. The summed E-state index contributed by atoms with van der Waals surface area (Å²) in [4.78, 5) is 13.0. The molecule has 21 heavy (non-hydrogen) atoms. The molecule has 0 fully saturated rings. The molecule has 0 aliphatic carbocycles. The number of nitrogens with zero attached hydrogens (tertiary/aromatic N) is 2. The molecule has 8 heteroatoms. The van der Waals surface area contributed by atoms with Gasteiger partial charge in [0.25, 0.3) is 5.88 Å². The van der Waals surface area contributed by atoms with Crippen LogP contribution in [-0.4, -0.2) is 27.5 Å². The number of rotatable bonds is 5. The molecule has 1 aliphatic heterocycles. The molecule has 3 N–H and O–H groups in total. The number of nitrogens with two attached hydrogens (primary N) is 1. The quantitative estimate of drug-likeness (QED) is 0.640. The molecule has 0 radical (unpaired) electrons. The Kier molecular flexibility index (Phi) is 4.74. The van der Waals surface area contributed by atoms with Crippen LogP contribution in [0.25, 0.3) is 0 Å². The lowest BCUT2D eigenvalue weighted by atomic mass is 10.1. The summed E-state index contributed by atoms with van der Waals surface area (Å²) in [7, 11) is 0. The normalized spacial score (nSPS) is 16.9. The number of aliphatic hydroxyl groups excluding tert-OH is 1. The van der Waals surface area contributed by atoms with Gasteiger partial charge in [0.2, 0.25) is 0 Å². The number of thiophene rings is 1. The molecule has 6 nitrogen and oxygen atoms in total. The average molecular weight is 330 g/mol. The van der Waals surface area contributed by atoms with Crippen molar-refractivity contribution < 1.29 is 10.0 Å². The number of hydrogen-bond acceptors (Lipinski definition) is 6. The van der Waals surface area contributed by atoms with Crippen LogP contribution in [0.15, 0.2) is 34.8 Å². The topological polar surface area (TPSA) is 92.6 Å². The fourth-order valence-electron chi connectivity index (χ4n) is 2.31. The van der Waals surface area contributed by atoms with Crippen LogP contribution >= 0.6 is 22.9 Å². The van der Waals surface area contributed by atoms with Crippen LogP contribution in [0, 0.1) is 10.1 Å². The summed E-state index contributed by atoms with van der Waals surface area (Å²) in [5, 5.41) is 23.8. The van der Waals surface area contributed by atoms with E-state index < -0.39 is 10.6 Å². The second-order valence-electron chi connectivity index (χ2n) is 4.70. The van der Waals surface area contributed by atoms with Gasteiger partial charge in [-0.1, -0.05) is 18.5 Å². The first-order valence-electron chi connectivity index (χ1n) is 6.47. The zero-order valence-electron chi connectivity index (χ0n) is 11.5. The van der Waals surface area contributed by atoms with Crippen molar-refractivity contribution in [3.63, 3.8) is 0 Å². The molecule has 0 aromatic carbocycles. The van der Waals surface area contributed by atoms with Crippen LogP contribution in [0.3, 0.4) is 0 Å². The molecule has 0 saturated heterocycles. The third kappa shape index (κ3) is 3.14. The number of aliphatic hydroxyl groups is 1. The van der Waals surface area contributed by atoms with Crippen LogP contribution in [0.1, 0.15) is 18.2 Å². The maximum atomic E-state index is 11.0. The van der Waals surface area contributed by atoms with E-state index in [9.17, 15) is 15.2 Å². The molecule has 2 rings (SSSR count). The highest BCUT2D eigenvalue weighted by Crippen LogP contribution is 2.28. The molecule has 0 unspecified atom stereocenters. The zero-order valence-corrected chi connectivity index (χ0v) is 13.0. The standard InChI is InChI=1S/C13H16ClN3O3S/c1-2-8(7-11-9(14)4-6-21-11)16-5-3-10(15)12(13(16)18)17(19)20/h3-4,6,8,18H,2,5,7,15H2,1H3/t8-/m1/s1. The highest BCUT2D eigenvalue weighted by atomic mass is 35.5. The first kappa shape index (κ1) is 15.7. The Morgan fingerprint density at radius 2 is 2.38 bits per heavy atom. The molecule has 114 valence electrons. The summed E-state index contributed by atoms with van der Waals surface area (Å²) < 4.78 is 0. The Morgan fingerprint density at radius 1 is 1.67 bits per heavy atom. The van der Waals surface area contributed by atoms with E-state index >= 15 is 0 Å². The Morgan fingerprint density at radius 3 is 2.90 bits per heavy atom. The minimum absolute atomic E-state index is 0.00207. The lowest BCUT2D eigenvalue weighted by Gasteiger charge is -2.32. The van der Waals surface area contributed by atoms with Crippen molar-refractivity contribution >= 4 is 22.9 Å². The van der Waals surface area contributed by atoms with Crippen LogP contribution < -0.4 is 5.73 Å². The summed E-state index contributed by atoms with van der Waals surface area (Å²) in [5.74, 6) is -0.375. The van der Waals surface area contributed by atoms with Crippen LogP contribution in [0.2, 0.25) is 5.02 Å². The van der Waals surface area contributed by atoms with E-state index in [0.29, 0.717) is 18.0 Å². The molecule has 0 amide bonds. The molecule has 0 spiro atoms.